The Bertz CT molecular complexity index is 453. The van der Waals surface area contributed by atoms with Crippen LogP contribution in [0.2, 0.25) is 0 Å². The third-order valence-corrected chi connectivity index (χ3v) is 2.47. The smallest absolute Gasteiger partial charge is 0.387 e. The van der Waals surface area contributed by atoms with Gasteiger partial charge in [0, 0.05) is 24.6 Å². The molecule has 7 heteroatoms. The Balaban J connectivity index is 2.76. The fraction of sp³-hybridized carbons (Fsp3) is 0.462. The first kappa shape index (κ1) is 16.2. The zero-order valence-electron chi connectivity index (χ0n) is 11.4. The number of amides is 1. The highest BCUT2D eigenvalue weighted by Gasteiger charge is 2.12. The molecule has 1 rings (SSSR count). The molecule has 0 heterocycles. The summed E-state index contributed by atoms with van der Waals surface area (Å²) in [6.45, 7) is -1.16. The third kappa shape index (κ3) is 5.40. The fourth-order valence-electron chi connectivity index (χ4n) is 1.59. The number of benzene rings is 1. The summed E-state index contributed by atoms with van der Waals surface area (Å²) in [5, 5.41) is 2.60. The lowest BCUT2D eigenvalue weighted by Crippen LogP contribution is -2.29. The van der Waals surface area contributed by atoms with Gasteiger partial charge in [0.05, 0.1) is 7.11 Å². The first-order chi connectivity index (χ1) is 9.42. The third-order valence-electron chi connectivity index (χ3n) is 2.47. The van der Waals surface area contributed by atoms with E-state index in [2.05, 4.69) is 10.1 Å². The van der Waals surface area contributed by atoms with Crippen molar-refractivity contribution in [1.29, 1.82) is 0 Å². The monoisotopic (exact) mass is 288 g/mol. The van der Waals surface area contributed by atoms with Gasteiger partial charge in [0.1, 0.15) is 11.5 Å². The molecule has 1 atom stereocenters. The first-order valence-corrected chi connectivity index (χ1v) is 6.06. The minimum atomic E-state index is -2.93. The second-order valence-corrected chi connectivity index (χ2v) is 4.31. The van der Waals surface area contributed by atoms with Crippen LogP contribution in [0.1, 0.15) is 18.9 Å². The zero-order chi connectivity index (χ0) is 15.1. The van der Waals surface area contributed by atoms with Crippen LogP contribution in [0.3, 0.4) is 0 Å². The molecule has 3 N–H and O–H groups in total. The van der Waals surface area contributed by atoms with E-state index in [0.29, 0.717) is 11.3 Å². The summed E-state index contributed by atoms with van der Waals surface area (Å²) in [6.07, 6.45) is 0.162. The van der Waals surface area contributed by atoms with Crippen LogP contribution < -0.4 is 20.5 Å². The Kier molecular flexibility index (Phi) is 6.17. The molecule has 0 aromatic heterocycles. The van der Waals surface area contributed by atoms with Crippen LogP contribution >= 0.6 is 0 Å². The van der Waals surface area contributed by atoms with E-state index in [1.165, 1.54) is 25.3 Å². The molecule has 1 unspecified atom stereocenters. The van der Waals surface area contributed by atoms with Gasteiger partial charge in [0.25, 0.3) is 0 Å². The van der Waals surface area contributed by atoms with Gasteiger partial charge in [-0.25, -0.2) is 0 Å². The molecule has 0 aliphatic rings. The standard InChI is InChI=1S/C13H18F2N2O3/c1-8(16)5-12(18)17-7-9-6-10(19-2)3-4-11(9)20-13(14)15/h3-4,6,8,13H,5,7,16H2,1-2H3,(H,17,18). The molecule has 5 nitrogen and oxygen atoms in total. The van der Waals surface area contributed by atoms with E-state index in [1.54, 1.807) is 6.92 Å². The SMILES string of the molecule is COc1ccc(OC(F)F)c(CNC(=O)CC(C)N)c1. The Hall–Kier alpha value is -1.89. The van der Waals surface area contributed by atoms with Crippen molar-refractivity contribution in [3.8, 4) is 11.5 Å². The van der Waals surface area contributed by atoms with Gasteiger partial charge in [-0.15, -0.1) is 0 Å². The lowest BCUT2D eigenvalue weighted by molar-refractivity contribution is -0.121. The first-order valence-electron chi connectivity index (χ1n) is 6.06. The summed E-state index contributed by atoms with van der Waals surface area (Å²) >= 11 is 0. The van der Waals surface area contributed by atoms with Gasteiger partial charge >= 0.3 is 6.61 Å². The summed E-state index contributed by atoms with van der Waals surface area (Å²) < 4.78 is 34.0. The molecule has 0 bridgehead atoms. The van der Waals surface area contributed by atoms with Gasteiger partial charge in [-0.1, -0.05) is 0 Å². The zero-order valence-corrected chi connectivity index (χ0v) is 11.4. The number of carbonyl (C=O) groups excluding carboxylic acids is 1. The number of hydrogen-bond acceptors (Lipinski definition) is 4. The number of ether oxygens (including phenoxy) is 2. The van der Waals surface area contributed by atoms with Gasteiger partial charge in [0.2, 0.25) is 5.91 Å². The minimum absolute atomic E-state index is 0.00176. The Morgan fingerprint density at radius 3 is 2.70 bits per heavy atom. The van der Waals surface area contributed by atoms with E-state index in [0.717, 1.165) is 0 Å². The molecule has 1 aromatic rings. The van der Waals surface area contributed by atoms with Crippen LogP contribution in [0.5, 0.6) is 11.5 Å². The van der Waals surface area contributed by atoms with Gasteiger partial charge in [-0.2, -0.15) is 8.78 Å². The Morgan fingerprint density at radius 1 is 1.45 bits per heavy atom. The predicted molar refractivity (Wildman–Crippen MR) is 69.7 cm³/mol. The minimum Gasteiger partial charge on any atom is -0.497 e. The molecule has 0 saturated carbocycles. The maximum atomic E-state index is 12.3. The van der Waals surface area contributed by atoms with Crippen molar-refractivity contribution in [2.45, 2.75) is 32.5 Å². The maximum absolute atomic E-state index is 12.3. The Morgan fingerprint density at radius 2 is 2.15 bits per heavy atom. The molecule has 0 aliphatic heterocycles. The average Bonchev–Trinajstić information content (AvgIpc) is 2.36. The molecule has 20 heavy (non-hydrogen) atoms. The molecule has 112 valence electrons. The van der Waals surface area contributed by atoms with Crippen molar-refractivity contribution in [3.05, 3.63) is 23.8 Å². The number of alkyl halides is 2. The van der Waals surface area contributed by atoms with Crippen LogP contribution in [0.15, 0.2) is 18.2 Å². The average molecular weight is 288 g/mol. The van der Waals surface area contributed by atoms with Crippen LogP contribution in [0.25, 0.3) is 0 Å². The molecule has 0 aliphatic carbocycles. The van der Waals surface area contributed by atoms with E-state index < -0.39 is 6.61 Å². The Labute approximate surface area is 116 Å². The summed E-state index contributed by atoms with van der Waals surface area (Å²) in [5.41, 5.74) is 5.90. The molecule has 0 spiro atoms. The van der Waals surface area contributed by atoms with Gasteiger partial charge in [-0.3, -0.25) is 4.79 Å². The van der Waals surface area contributed by atoms with E-state index in [4.69, 9.17) is 10.5 Å². The number of nitrogens with two attached hydrogens (primary N) is 1. The summed E-state index contributed by atoms with van der Waals surface area (Å²) in [4.78, 5) is 11.5. The van der Waals surface area contributed by atoms with Gasteiger partial charge in [0.15, 0.2) is 0 Å². The maximum Gasteiger partial charge on any atom is 0.387 e. The number of nitrogens with one attached hydrogen (secondary N) is 1. The lowest BCUT2D eigenvalue weighted by atomic mass is 10.1. The van der Waals surface area contributed by atoms with E-state index in [9.17, 15) is 13.6 Å². The topological polar surface area (TPSA) is 73.6 Å². The molecule has 1 amide bonds. The fourth-order valence-corrected chi connectivity index (χ4v) is 1.59. The highest BCUT2D eigenvalue weighted by Crippen LogP contribution is 2.25. The summed E-state index contributed by atoms with van der Waals surface area (Å²) in [5.74, 6) is 0.232. The van der Waals surface area contributed by atoms with Crippen LogP contribution in [-0.4, -0.2) is 25.7 Å². The lowest BCUT2D eigenvalue weighted by Gasteiger charge is -2.13. The molecule has 0 radical (unpaired) electrons. The normalized spacial score (nSPS) is 12.1. The second-order valence-electron chi connectivity index (χ2n) is 4.31. The van der Waals surface area contributed by atoms with Crippen LogP contribution in [0.4, 0.5) is 8.78 Å². The largest absolute Gasteiger partial charge is 0.497 e. The van der Waals surface area contributed by atoms with E-state index in [-0.39, 0.29) is 30.7 Å². The van der Waals surface area contributed by atoms with Crippen molar-refractivity contribution in [3.63, 3.8) is 0 Å². The number of halogens is 2. The number of rotatable bonds is 7. The number of carbonyl (C=O) groups is 1. The predicted octanol–water partition coefficient (Wildman–Crippen LogP) is 1.65. The van der Waals surface area contributed by atoms with Gasteiger partial charge < -0.3 is 20.5 Å². The van der Waals surface area contributed by atoms with Crippen molar-refractivity contribution in [1.82, 2.24) is 5.32 Å². The molecular weight excluding hydrogens is 270 g/mol. The highest BCUT2D eigenvalue weighted by atomic mass is 19.3. The van der Waals surface area contributed by atoms with Crippen molar-refractivity contribution in [2.75, 3.05) is 7.11 Å². The quantitative estimate of drug-likeness (QED) is 0.800. The van der Waals surface area contributed by atoms with Crippen molar-refractivity contribution in [2.24, 2.45) is 5.73 Å². The second kappa shape index (κ2) is 7.64. The van der Waals surface area contributed by atoms with E-state index >= 15 is 0 Å². The van der Waals surface area contributed by atoms with E-state index in [1.807, 2.05) is 0 Å². The van der Waals surface area contributed by atoms with Crippen molar-refractivity contribution < 1.29 is 23.0 Å². The molecule has 0 saturated heterocycles. The number of hydrogen-bond donors (Lipinski definition) is 2. The highest BCUT2D eigenvalue weighted by molar-refractivity contribution is 5.76. The summed E-state index contributed by atoms with van der Waals surface area (Å²) in [6, 6.07) is 4.14. The van der Waals surface area contributed by atoms with Crippen LogP contribution in [0, 0.1) is 0 Å². The van der Waals surface area contributed by atoms with Crippen molar-refractivity contribution >= 4 is 5.91 Å². The molecule has 0 fully saturated rings. The molecule has 1 aromatic carbocycles. The number of methoxy groups -OCH3 is 1. The van der Waals surface area contributed by atoms with Gasteiger partial charge in [-0.05, 0) is 25.1 Å². The molecular formula is C13H18F2N2O3. The van der Waals surface area contributed by atoms with Crippen LogP contribution in [-0.2, 0) is 11.3 Å². The summed E-state index contributed by atoms with van der Waals surface area (Å²) in [7, 11) is 1.46.